The van der Waals surface area contributed by atoms with Gasteiger partial charge in [0.15, 0.2) is 11.5 Å². The van der Waals surface area contributed by atoms with Crippen LogP contribution in [0.5, 0.6) is 11.5 Å². The van der Waals surface area contributed by atoms with Crippen molar-refractivity contribution in [3.8, 4) is 11.5 Å². The van der Waals surface area contributed by atoms with Crippen molar-refractivity contribution in [1.82, 2.24) is 4.90 Å². The predicted molar refractivity (Wildman–Crippen MR) is 119 cm³/mol. The maximum Gasteiger partial charge on any atom is 0.417 e. The van der Waals surface area contributed by atoms with Gasteiger partial charge in [0.05, 0.1) is 19.3 Å². The molecule has 0 amide bonds. The number of hydrogen-bond donors (Lipinski definition) is 0. The molecule has 2 heterocycles. The zero-order chi connectivity index (χ0) is 23.4. The molecule has 1 aromatic heterocycles. The van der Waals surface area contributed by atoms with E-state index in [1.807, 2.05) is 6.07 Å². The highest BCUT2D eigenvalue weighted by molar-refractivity contribution is 5.84. The summed E-state index contributed by atoms with van der Waals surface area (Å²) < 4.78 is 56.2. The van der Waals surface area contributed by atoms with Crippen LogP contribution in [0.15, 0.2) is 57.7 Å². The third-order valence-corrected chi connectivity index (χ3v) is 6.07. The van der Waals surface area contributed by atoms with E-state index < -0.39 is 17.4 Å². The van der Waals surface area contributed by atoms with Gasteiger partial charge in [-0.05, 0) is 49.9 Å². The van der Waals surface area contributed by atoms with Gasteiger partial charge in [-0.15, -0.1) is 0 Å². The van der Waals surface area contributed by atoms with Crippen LogP contribution in [0.25, 0.3) is 11.0 Å². The smallest absolute Gasteiger partial charge is 0.417 e. The molecule has 3 aromatic rings. The zero-order valence-electron chi connectivity index (χ0n) is 18.4. The Morgan fingerprint density at radius 2 is 1.79 bits per heavy atom. The van der Waals surface area contributed by atoms with Crippen LogP contribution in [0.3, 0.4) is 0 Å². The summed E-state index contributed by atoms with van der Waals surface area (Å²) in [7, 11) is 1.39. The third kappa shape index (κ3) is 5.50. The van der Waals surface area contributed by atoms with Crippen LogP contribution in [-0.2, 0) is 6.18 Å². The van der Waals surface area contributed by atoms with Gasteiger partial charge in [-0.25, -0.2) is 4.79 Å². The Hall–Kier alpha value is -3.00. The molecule has 1 aliphatic heterocycles. The van der Waals surface area contributed by atoms with E-state index in [2.05, 4.69) is 29.2 Å². The van der Waals surface area contributed by atoms with Crippen LogP contribution in [0.1, 0.15) is 36.3 Å². The highest BCUT2D eigenvalue weighted by Gasteiger charge is 2.34. The Bertz CT molecular complexity index is 1140. The molecule has 0 aliphatic carbocycles. The minimum absolute atomic E-state index is 0.187. The van der Waals surface area contributed by atoms with Crippen LogP contribution in [0.2, 0.25) is 0 Å². The molecule has 1 aliphatic rings. The fourth-order valence-electron chi connectivity index (χ4n) is 4.36. The molecule has 8 heteroatoms. The molecule has 176 valence electrons. The van der Waals surface area contributed by atoms with E-state index in [-0.39, 0.29) is 22.5 Å². The normalized spacial score (nSPS) is 15.6. The first-order valence-electron chi connectivity index (χ1n) is 11.0. The minimum Gasteiger partial charge on any atom is -0.493 e. The van der Waals surface area contributed by atoms with Crippen molar-refractivity contribution in [2.24, 2.45) is 0 Å². The summed E-state index contributed by atoms with van der Waals surface area (Å²) in [6.45, 7) is 3.19. The molecule has 2 aromatic carbocycles. The van der Waals surface area contributed by atoms with Gasteiger partial charge in [-0.2, -0.15) is 13.2 Å². The maximum atomic E-state index is 13.4. The van der Waals surface area contributed by atoms with Crippen molar-refractivity contribution in [2.75, 3.05) is 33.4 Å². The van der Waals surface area contributed by atoms with Crippen LogP contribution < -0.4 is 15.1 Å². The summed E-state index contributed by atoms with van der Waals surface area (Å²) in [5.41, 5.74) is -0.928. The molecule has 1 fully saturated rings. The number of likely N-dealkylation sites (tertiary alicyclic amines) is 1. The van der Waals surface area contributed by atoms with Crippen molar-refractivity contribution in [3.05, 3.63) is 70.1 Å². The first kappa shape index (κ1) is 23.2. The number of nitrogens with zero attached hydrogens (tertiary/aromatic N) is 1. The van der Waals surface area contributed by atoms with E-state index in [1.54, 1.807) is 0 Å². The Balaban J connectivity index is 1.36. The van der Waals surface area contributed by atoms with Gasteiger partial charge in [-0.1, -0.05) is 30.3 Å². The SMILES string of the molecule is COc1cc2oc(=O)cc(C(F)(F)F)c2cc1OCCCN1CCC(c2ccccc2)CC1. The summed E-state index contributed by atoms with van der Waals surface area (Å²) in [5.74, 6) is 0.990. The Morgan fingerprint density at radius 3 is 2.45 bits per heavy atom. The number of ether oxygens (including phenoxy) is 2. The minimum atomic E-state index is -4.69. The average Bonchev–Trinajstić information content (AvgIpc) is 2.81. The van der Waals surface area contributed by atoms with Gasteiger partial charge in [0.2, 0.25) is 0 Å². The van der Waals surface area contributed by atoms with Crippen molar-refractivity contribution >= 4 is 11.0 Å². The lowest BCUT2D eigenvalue weighted by Crippen LogP contribution is -2.34. The van der Waals surface area contributed by atoms with Gasteiger partial charge in [0.1, 0.15) is 5.58 Å². The van der Waals surface area contributed by atoms with Crippen molar-refractivity contribution in [3.63, 3.8) is 0 Å². The second-order valence-electron chi connectivity index (χ2n) is 8.20. The van der Waals surface area contributed by atoms with Gasteiger partial charge in [-0.3, -0.25) is 0 Å². The van der Waals surface area contributed by atoms with Crippen molar-refractivity contribution in [2.45, 2.75) is 31.4 Å². The molecule has 5 nitrogen and oxygen atoms in total. The molecule has 0 atom stereocenters. The number of hydrogen-bond acceptors (Lipinski definition) is 5. The van der Waals surface area contributed by atoms with Crippen LogP contribution in [-0.4, -0.2) is 38.3 Å². The Labute approximate surface area is 189 Å². The second kappa shape index (κ2) is 9.87. The molecular weight excluding hydrogens is 435 g/mol. The first-order valence-corrected chi connectivity index (χ1v) is 11.0. The Kier molecular flexibility index (Phi) is 6.93. The predicted octanol–water partition coefficient (Wildman–Crippen LogP) is 5.47. The van der Waals surface area contributed by atoms with Crippen LogP contribution in [0.4, 0.5) is 13.2 Å². The number of methoxy groups -OCH3 is 1. The summed E-state index contributed by atoms with van der Waals surface area (Å²) in [6.07, 6.45) is -1.75. The quantitative estimate of drug-likeness (QED) is 0.345. The summed E-state index contributed by atoms with van der Waals surface area (Å²) in [5, 5.41) is -0.235. The molecule has 0 N–H and O–H groups in total. The maximum absolute atomic E-state index is 13.4. The van der Waals surface area contributed by atoms with E-state index in [0.29, 0.717) is 18.6 Å². The van der Waals surface area contributed by atoms with Crippen molar-refractivity contribution < 1.29 is 27.1 Å². The van der Waals surface area contributed by atoms with Gasteiger partial charge in [0.25, 0.3) is 0 Å². The largest absolute Gasteiger partial charge is 0.493 e. The lowest BCUT2D eigenvalue weighted by atomic mass is 9.89. The molecule has 33 heavy (non-hydrogen) atoms. The second-order valence-corrected chi connectivity index (χ2v) is 8.20. The molecule has 1 saturated heterocycles. The summed E-state index contributed by atoms with van der Waals surface area (Å²) >= 11 is 0. The molecular formula is C25H26F3NO4. The van der Waals surface area contributed by atoms with Gasteiger partial charge >= 0.3 is 11.8 Å². The topological polar surface area (TPSA) is 51.9 Å². The molecule has 0 saturated carbocycles. The number of alkyl halides is 3. The first-order chi connectivity index (χ1) is 15.8. The monoisotopic (exact) mass is 461 g/mol. The van der Waals surface area contributed by atoms with E-state index in [9.17, 15) is 18.0 Å². The van der Waals surface area contributed by atoms with E-state index in [0.717, 1.165) is 38.9 Å². The highest BCUT2D eigenvalue weighted by Crippen LogP contribution is 2.39. The molecule has 0 spiro atoms. The lowest BCUT2D eigenvalue weighted by Gasteiger charge is -2.32. The summed E-state index contributed by atoms with van der Waals surface area (Å²) in [4.78, 5) is 13.9. The van der Waals surface area contributed by atoms with Crippen LogP contribution in [0, 0.1) is 0 Å². The van der Waals surface area contributed by atoms with E-state index in [1.165, 1.54) is 24.8 Å². The van der Waals surface area contributed by atoms with Crippen LogP contribution >= 0.6 is 0 Å². The third-order valence-electron chi connectivity index (χ3n) is 6.07. The molecule has 0 unspecified atom stereocenters. The zero-order valence-corrected chi connectivity index (χ0v) is 18.4. The van der Waals surface area contributed by atoms with Gasteiger partial charge < -0.3 is 18.8 Å². The fourth-order valence-corrected chi connectivity index (χ4v) is 4.36. The summed E-state index contributed by atoms with van der Waals surface area (Å²) in [6, 6.07) is 13.5. The molecule has 4 rings (SSSR count). The van der Waals surface area contributed by atoms with Crippen molar-refractivity contribution in [1.29, 1.82) is 0 Å². The number of rotatable bonds is 7. The molecule has 0 radical (unpaired) electrons. The fraction of sp³-hybridized carbons (Fsp3) is 0.400. The van der Waals surface area contributed by atoms with Gasteiger partial charge in [0, 0.05) is 24.1 Å². The Morgan fingerprint density at radius 1 is 1.06 bits per heavy atom. The number of benzene rings is 2. The lowest BCUT2D eigenvalue weighted by molar-refractivity contribution is -0.136. The molecule has 0 bridgehead atoms. The standard InChI is InChI=1S/C25H26F3NO4/c1-31-22-16-21-19(20(25(26,27)28)15-24(30)33-21)14-23(22)32-13-5-10-29-11-8-18(9-12-29)17-6-3-2-4-7-17/h2-4,6-7,14-16,18H,5,8-13H2,1H3. The highest BCUT2D eigenvalue weighted by atomic mass is 19.4. The van der Waals surface area contributed by atoms with E-state index in [4.69, 9.17) is 13.9 Å². The average molecular weight is 461 g/mol. The number of halogens is 3. The van der Waals surface area contributed by atoms with E-state index >= 15 is 0 Å². The number of piperidine rings is 1. The number of fused-ring (bicyclic) bond motifs is 1.